The van der Waals surface area contributed by atoms with E-state index in [0.29, 0.717) is 0 Å². The van der Waals surface area contributed by atoms with E-state index in [4.69, 9.17) is 5.11 Å². The maximum absolute atomic E-state index is 13.1. The van der Waals surface area contributed by atoms with Gasteiger partial charge in [-0.25, -0.2) is 4.79 Å². The van der Waals surface area contributed by atoms with Crippen molar-refractivity contribution < 1.29 is 71.7 Å². The Kier molecular flexibility index (Phi) is 4.82. The molecule has 16 heteroatoms. The Morgan fingerprint density at radius 2 is 0.957 bits per heavy atom. The van der Waals surface area contributed by atoms with Crippen LogP contribution in [0.1, 0.15) is 0 Å². The van der Waals surface area contributed by atoms with Gasteiger partial charge in [0.05, 0.1) is 0 Å². The maximum atomic E-state index is 13.1. The summed E-state index contributed by atoms with van der Waals surface area (Å²) in [6.45, 7) is 0. The minimum Gasteiger partial charge on any atom is -0.450 e. The van der Waals surface area contributed by atoms with Crippen molar-refractivity contribution in [2.24, 2.45) is 0 Å². The summed E-state index contributed by atoms with van der Waals surface area (Å²) in [5.74, 6) is -31.3. The van der Waals surface area contributed by atoms with Gasteiger partial charge >= 0.3 is 42.1 Å². The van der Waals surface area contributed by atoms with Crippen molar-refractivity contribution in [1.29, 1.82) is 0 Å². The lowest BCUT2D eigenvalue weighted by atomic mass is 9.96. The Hall–Kier alpha value is -1.64. The summed E-state index contributed by atoms with van der Waals surface area (Å²) in [4.78, 5) is 9.73. The molecule has 1 atom stereocenters. The van der Waals surface area contributed by atoms with Crippen LogP contribution in [0.5, 0.6) is 0 Å². The van der Waals surface area contributed by atoms with Crippen molar-refractivity contribution >= 4 is 6.16 Å². The van der Waals surface area contributed by atoms with E-state index < -0.39 is 42.1 Å². The number of hydrogen-bond donors (Lipinski definition) is 1. The van der Waals surface area contributed by atoms with E-state index in [1.54, 1.807) is 0 Å². The van der Waals surface area contributed by atoms with Crippen molar-refractivity contribution in [2.75, 3.05) is 0 Å². The largest absolute Gasteiger partial charge is 0.509 e. The molecule has 0 heterocycles. The van der Waals surface area contributed by atoms with Gasteiger partial charge in [0.25, 0.3) is 0 Å². The molecule has 0 rings (SSSR count). The number of alkyl halides is 13. The Morgan fingerprint density at radius 3 is 1.17 bits per heavy atom. The molecular weight excluding hydrogens is 379 g/mol. The van der Waals surface area contributed by atoms with Crippen LogP contribution in [0.3, 0.4) is 0 Å². The summed E-state index contributed by atoms with van der Waals surface area (Å²) >= 11 is 0. The highest BCUT2D eigenvalue weighted by Crippen LogP contribution is 2.60. The molecule has 0 saturated carbocycles. The lowest BCUT2D eigenvalue weighted by Crippen LogP contribution is -2.71. The van der Waals surface area contributed by atoms with Crippen LogP contribution in [-0.4, -0.2) is 47.2 Å². The van der Waals surface area contributed by atoms with E-state index in [1.165, 1.54) is 0 Å². The van der Waals surface area contributed by atoms with Crippen molar-refractivity contribution in [2.45, 2.75) is 36.0 Å². The van der Waals surface area contributed by atoms with Gasteiger partial charge in [-0.1, -0.05) is 0 Å². The van der Waals surface area contributed by atoms with E-state index in [1.807, 2.05) is 4.74 Å². The zero-order chi connectivity index (χ0) is 19.3. The summed E-state index contributed by atoms with van der Waals surface area (Å²) in [7, 11) is 0. The Labute approximate surface area is 115 Å². The third kappa shape index (κ3) is 2.93. The number of rotatable bonds is 4. The second-order valence-corrected chi connectivity index (χ2v) is 3.68. The molecule has 138 valence electrons. The van der Waals surface area contributed by atoms with E-state index in [2.05, 4.69) is 0 Å². The van der Waals surface area contributed by atoms with Crippen LogP contribution in [0.4, 0.5) is 61.9 Å². The quantitative estimate of drug-likeness (QED) is 0.582. The molecule has 0 saturated heterocycles. The molecule has 0 radical (unpaired) electrons. The predicted molar refractivity (Wildman–Crippen MR) is 39.9 cm³/mol. The fraction of sp³-hybridized carbons (Fsp3) is 0.857. The van der Waals surface area contributed by atoms with Crippen molar-refractivity contribution in [3.63, 3.8) is 0 Å². The number of carboxylic acid groups (broad SMARTS) is 1. The van der Waals surface area contributed by atoms with Crippen LogP contribution >= 0.6 is 0 Å². The first kappa shape index (κ1) is 21.4. The molecule has 0 aromatic rings. The summed E-state index contributed by atoms with van der Waals surface area (Å²) in [6.07, 6.45) is -18.6. The summed E-state index contributed by atoms with van der Waals surface area (Å²) in [6, 6.07) is 0. The molecule has 0 aromatic carbocycles. The van der Waals surface area contributed by atoms with Crippen LogP contribution in [0, 0.1) is 0 Å². The summed E-state index contributed by atoms with van der Waals surface area (Å²) in [5, 5.41) is 7.65. The molecule has 3 nitrogen and oxygen atoms in total. The van der Waals surface area contributed by atoms with Crippen LogP contribution in [0.2, 0.25) is 0 Å². The standard InChI is InChI=1S/C7HF13O3/c8-2(9,4(12,13)6(15,16)17)3(10,11)5(14,7(18,19)20)23-1(21)22/h(H,21,22). The molecule has 1 N–H and O–H groups in total. The lowest BCUT2D eigenvalue weighted by molar-refractivity contribution is -0.464. The number of ether oxygens (including phenoxy) is 1. The molecule has 0 aliphatic carbocycles. The number of carbonyl (C=O) groups is 1. The van der Waals surface area contributed by atoms with Crippen LogP contribution < -0.4 is 0 Å². The van der Waals surface area contributed by atoms with Gasteiger partial charge in [-0.3, -0.25) is 0 Å². The molecule has 0 aromatic heterocycles. The average Bonchev–Trinajstić information content (AvgIpc) is 2.23. The van der Waals surface area contributed by atoms with Crippen molar-refractivity contribution in [3.05, 3.63) is 0 Å². The number of hydrogen-bond acceptors (Lipinski definition) is 2. The Balaban J connectivity index is 6.44. The zero-order valence-electron chi connectivity index (χ0n) is 9.68. The molecular formula is C7HF13O3. The van der Waals surface area contributed by atoms with Gasteiger partial charge in [0, 0.05) is 0 Å². The fourth-order valence-corrected chi connectivity index (χ4v) is 0.997. The topological polar surface area (TPSA) is 46.5 Å². The third-order valence-corrected chi connectivity index (χ3v) is 2.14. The smallest absolute Gasteiger partial charge is 0.450 e. The van der Waals surface area contributed by atoms with E-state index in [0.717, 1.165) is 0 Å². The van der Waals surface area contributed by atoms with Crippen LogP contribution in [-0.2, 0) is 4.74 Å². The predicted octanol–water partition coefficient (Wildman–Crippen LogP) is 4.38. The monoisotopic (exact) mass is 380 g/mol. The van der Waals surface area contributed by atoms with Gasteiger partial charge in [0.2, 0.25) is 0 Å². The highest BCUT2D eigenvalue weighted by atomic mass is 19.4. The first-order valence-electron chi connectivity index (χ1n) is 4.54. The van der Waals surface area contributed by atoms with Gasteiger partial charge in [-0.15, -0.1) is 0 Å². The molecule has 23 heavy (non-hydrogen) atoms. The first-order chi connectivity index (χ1) is 9.67. The van der Waals surface area contributed by atoms with Gasteiger partial charge in [0.1, 0.15) is 0 Å². The molecule has 1 unspecified atom stereocenters. The Morgan fingerprint density at radius 1 is 0.609 bits per heavy atom. The molecule has 0 bridgehead atoms. The minimum absolute atomic E-state index is 1.86. The lowest BCUT2D eigenvalue weighted by Gasteiger charge is -2.39. The van der Waals surface area contributed by atoms with Crippen LogP contribution in [0.15, 0.2) is 0 Å². The molecule has 0 fully saturated rings. The first-order valence-corrected chi connectivity index (χ1v) is 4.54. The second-order valence-electron chi connectivity index (χ2n) is 3.68. The van der Waals surface area contributed by atoms with Crippen molar-refractivity contribution in [1.82, 2.24) is 0 Å². The van der Waals surface area contributed by atoms with E-state index in [9.17, 15) is 61.9 Å². The van der Waals surface area contributed by atoms with E-state index in [-0.39, 0.29) is 0 Å². The number of halogens is 13. The zero-order valence-corrected chi connectivity index (χ0v) is 9.68. The van der Waals surface area contributed by atoms with Gasteiger partial charge < -0.3 is 9.84 Å². The second kappa shape index (κ2) is 5.19. The van der Waals surface area contributed by atoms with Crippen molar-refractivity contribution in [3.8, 4) is 0 Å². The third-order valence-electron chi connectivity index (χ3n) is 2.14. The molecule has 0 spiro atoms. The fourth-order valence-electron chi connectivity index (χ4n) is 0.997. The molecule has 0 amide bonds. The SMILES string of the molecule is O=C(O)OC(F)(C(F)(F)F)C(F)(F)C(F)(F)C(F)(F)C(F)(F)F. The summed E-state index contributed by atoms with van der Waals surface area (Å²) in [5.41, 5.74) is 0. The van der Waals surface area contributed by atoms with Gasteiger partial charge in [-0.05, 0) is 0 Å². The molecule has 0 aliphatic heterocycles. The molecule has 0 aliphatic rings. The van der Waals surface area contributed by atoms with Gasteiger partial charge in [-0.2, -0.15) is 57.1 Å². The normalized spacial score (nSPS) is 17.6. The highest BCUT2D eigenvalue weighted by molar-refractivity contribution is 5.57. The highest BCUT2D eigenvalue weighted by Gasteiger charge is 2.92. The van der Waals surface area contributed by atoms with Gasteiger partial charge in [0.15, 0.2) is 0 Å². The summed E-state index contributed by atoms with van der Waals surface area (Å²) < 4.78 is 162. The van der Waals surface area contributed by atoms with E-state index >= 15 is 0 Å². The van der Waals surface area contributed by atoms with Crippen LogP contribution in [0.25, 0.3) is 0 Å². The Bertz CT molecular complexity index is 463. The maximum Gasteiger partial charge on any atom is 0.509 e. The minimum atomic E-state index is -8.07. The average molecular weight is 380 g/mol.